The van der Waals surface area contributed by atoms with Crippen LogP contribution in [0.15, 0.2) is 12.5 Å². The molecular formula is C12H21N5O4. The molecule has 0 spiro atoms. The predicted molar refractivity (Wildman–Crippen MR) is 74.1 cm³/mol. The average Bonchev–Trinajstić information content (AvgIpc) is 2.95. The molecule has 0 saturated heterocycles. The summed E-state index contributed by atoms with van der Waals surface area (Å²) in [5, 5.41) is 20.8. The van der Waals surface area contributed by atoms with Crippen molar-refractivity contribution < 1.29 is 19.8 Å². The van der Waals surface area contributed by atoms with Crippen LogP contribution in [0.1, 0.15) is 18.5 Å². The first-order chi connectivity index (χ1) is 9.93. The Morgan fingerprint density at radius 2 is 2.14 bits per heavy atom. The maximum atomic E-state index is 11.9. The van der Waals surface area contributed by atoms with Crippen LogP contribution < -0.4 is 16.8 Å². The Balaban J connectivity index is 2.49. The Bertz CT molecular complexity index is 451. The second-order valence-electron chi connectivity index (χ2n) is 4.75. The molecule has 1 heterocycles. The van der Waals surface area contributed by atoms with Gasteiger partial charge in [-0.3, -0.25) is 4.79 Å². The highest BCUT2D eigenvalue weighted by Gasteiger charge is 2.24. The molecule has 0 aromatic carbocycles. The van der Waals surface area contributed by atoms with Crippen LogP contribution in [-0.2, 0) is 16.0 Å². The SMILES string of the molecule is NCC(O)CCC(NC(=O)C(N)Cc1cnc[nH]1)C(=O)O. The van der Waals surface area contributed by atoms with Gasteiger partial charge in [-0.1, -0.05) is 0 Å². The zero-order chi connectivity index (χ0) is 15.8. The van der Waals surface area contributed by atoms with Crippen LogP contribution in [0.2, 0.25) is 0 Å². The van der Waals surface area contributed by atoms with Crippen molar-refractivity contribution in [3.05, 3.63) is 18.2 Å². The summed E-state index contributed by atoms with van der Waals surface area (Å²) >= 11 is 0. The number of aliphatic hydroxyl groups excluding tert-OH is 1. The molecular weight excluding hydrogens is 278 g/mol. The van der Waals surface area contributed by atoms with Crippen LogP contribution in [0.3, 0.4) is 0 Å². The molecule has 0 radical (unpaired) electrons. The van der Waals surface area contributed by atoms with Crippen molar-refractivity contribution in [2.45, 2.75) is 37.5 Å². The molecule has 0 aliphatic carbocycles. The number of carboxylic acid groups (broad SMARTS) is 1. The van der Waals surface area contributed by atoms with Gasteiger partial charge in [-0.15, -0.1) is 0 Å². The molecule has 0 saturated carbocycles. The number of carboxylic acids is 1. The quantitative estimate of drug-likeness (QED) is 0.305. The normalized spacial score (nSPS) is 15.2. The average molecular weight is 299 g/mol. The molecule has 118 valence electrons. The minimum absolute atomic E-state index is 0.0413. The van der Waals surface area contributed by atoms with Gasteiger partial charge in [0.25, 0.3) is 0 Å². The summed E-state index contributed by atoms with van der Waals surface area (Å²) in [6, 6.07) is -1.99. The van der Waals surface area contributed by atoms with E-state index in [1.165, 1.54) is 6.33 Å². The standard InChI is InChI=1S/C12H21N5O4/c13-4-8(18)1-2-10(12(20)21)17-11(19)9(14)3-7-5-15-6-16-7/h5-6,8-10,18H,1-4,13-14H2,(H,15,16)(H,17,19)(H,20,21). The third-order valence-electron chi connectivity index (χ3n) is 3.01. The number of H-pyrrole nitrogens is 1. The molecule has 0 aliphatic heterocycles. The minimum Gasteiger partial charge on any atom is -0.480 e. The summed E-state index contributed by atoms with van der Waals surface area (Å²) in [6.45, 7) is 0.0413. The number of hydrogen-bond donors (Lipinski definition) is 6. The van der Waals surface area contributed by atoms with Crippen LogP contribution in [0.4, 0.5) is 0 Å². The van der Waals surface area contributed by atoms with Crippen molar-refractivity contribution in [2.24, 2.45) is 11.5 Å². The fraction of sp³-hybridized carbons (Fsp3) is 0.583. The lowest BCUT2D eigenvalue weighted by atomic mass is 10.1. The van der Waals surface area contributed by atoms with E-state index < -0.39 is 30.1 Å². The van der Waals surface area contributed by atoms with E-state index >= 15 is 0 Å². The predicted octanol–water partition coefficient (Wildman–Crippen LogP) is -2.05. The fourth-order valence-electron chi connectivity index (χ4n) is 1.74. The first-order valence-corrected chi connectivity index (χ1v) is 6.58. The highest BCUT2D eigenvalue weighted by molar-refractivity contribution is 5.86. The number of nitrogens with zero attached hydrogens (tertiary/aromatic N) is 1. The number of aliphatic carboxylic acids is 1. The lowest BCUT2D eigenvalue weighted by Gasteiger charge is -2.18. The third-order valence-corrected chi connectivity index (χ3v) is 3.01. The zero-order valence-electron chi connectivity index (χ0n) is 11.5. The number of aromatic nitrogens is 2. The van der Waals surface area contributed by atoms with Crippen molar-refractivity contribution in [1.82, 2.24) is 15.3 Å². The van der Waals surface area contributed by atoms with Gasteiger partial charge < -0.3 is 32.0 Å². The molecule has 8 N–H and O–H groups in total. The summed E-state index contributed by atoms with van der Waals surface area (Å²) < 4.78 is 0. The van der Waals surface area contributed by atoms with Crippen molar-refractivity contribution >= 4 is 11.9 Å². The van der Waals surface area contributed by atoms with E-state index in [2.05, 4.69) is 15.3 Å². The molecule has 1 rings (SSSR count). The molecule has 0 aliphatic rings. The number of carbonyl (C=O) groups excluding carboxylic acids is 1. The first kappa shape index (κ1) is 17.1. The smallest absolute Gasteiger partial charge is 0.326 e. The fourth-order valence-corrected chi connectivity index (χ4v) is 1.74. The van der Waals surface area contributed by atoms with E-state index in [0.717, 1.165) is 0 Å². The van der Waals surface area contributed by atoms with Crippen LogP contribution >= 0.6 is 0 Å². The van der Waals surface area contributed by atoms with E-state index in [1.807, 2.05) is 0 Å². The van der Waals surface area contributed by atoms with Gasteiger partial charge in [0.1, 0.15) is 6.04 Å². The topological polar surface area (TPSA) is 167 Å². The van der Waals surface area contributed by atoms with Crippen molar-refractivity contribution in [3.63, 3.8) is 0 Å². The number of amides is 1. The zero-order valence-corrected chi connectivity index (χ0v) is 11.5. The molecule has 9 nitrogen and oxygen atoms in total. The molecule has 1 aromatic rings. The van der Waals surface area contributed by atoms with Crippen LogP contribution in [0.25, 0.3) is 0 Å². The van der Waals surface area contributed by atoms with Gasteiger partial charge in [0.15, 0.2) is 0 Å². The molecule has 0 bridgehead atoms. The summed E-state index contributed by atoms with van der Waals surface area (Å²) in [4.78, 5) is 29.6. The number of aromatic amines is 1. The number of nitrogens with two attached hydrogens (primary N) is 2. The summed E-state index contributed by atoms with van der Waals surface area (Å²) in [6.07, 6.45) is 2.71. The van der Waals surface area contributed by atoms with Gasteiger partial charge in [0, 0.05) is 24.9 Å². The van der Waals surface area contributed by atoms with Crippen molar-refractivity contribution in [3.8, 4) is 0 Å². The Labute approximate surface area is 121 Å². The highest BCUT2D eigenvalue weighted by atomic mass is 16.4. The first-order valence-electron chi connectivity index (χ1n) is 6.58. The van der Waals surface area contributed by atoms with E-state index in [-0.39, 0.29) is 25.8 Å². The maximum Gasteiger partial charge on any atom is 0.326 e. The van der Waals surface area contributed by atoms with Crippen molar-refractivity contribution in [2.75, 3.05) is 6.54 Å². The van der Waals surface area contributed by atoms with Crippen LogP contribution in [-0.4, -0.2) is 56.8 Å². The monoisotopic (exact) mass is 299 g/mol. The molecule has 3 unspecified atom stereocenters. The molecule has 21 heavy (non-hydrogen) atoms. The van der Waals surface area contributed by atoms with E-state index in [0.29, 0.717) is 5.69 Å². The third kappa shape index (κ3) is 5.90. The van der Waals surface area contributed by atoms with Gasteiger partial charge in [0.05, 0.1) is 18.5 Å². The summed E-state index contributed by atoms with van der Waals surface area (Å²) in [5.74, 6) is -1.75. The molecule has 0 fully saturated rings. The van der Waals surface area contributed by atoms with E-state index in [4.69, 9.17) is 16.6 Å². The summed E-state index contributed by atoms with van der Waals surface area (Å²) in [5.41, 5.74) is 11.6. The van der Waals surface area contributed by atoms with Gasteiger partial charge in [-0.25, -0.2) is 9.78 Å². The number of imidazole rings is 1. The summed E-state index contributed by atoms with van der Waals surface area (Å²) in [7, 11) is 0. The number of nitrogens with one attached hydrogen (secondary N) is 2. The number of carbonyl (C=O) groups is 2. The number of aliphatic hydroxyl groups is 1. The van der Waals surface area contributed by atoms with Gasteiger partial charge >= 0.3 is 5.97 Å². The maximum absolute atomic E-state index is 11.9. The van der Waals surface area contributed by atoms with Gasteiger partial charge in [-0.05, 0) is 12.8 Å². The highest BCUT2D eigenvalue weighted by Crippen LogP contribution is 2.03. The Kier molecular flexibility index (Phi) is 6.79. The molecule has 1 amide bonds. The Hall–Kier alpha value is -1.97. The largest absolute Gasteiger partial charge is 0.480 e. The number of rotatable bonds is 9. The molecule has 9 heteroatoms. The van der Waals surface area contributed by atoms with Crippen LogP contribution in [0.5, 0.6) is 0 Å². The molecule has 1 aromatic heterocycles. The van der Waals surface area contributed by atoms with E-state index in [1.54, 1.807) is 6.20 Å². The van der Waals surface area contributed by atoms with Gasteiger partial charge in [0.2, 0.25) is 5.91 Å². The Morgan fingerprint density at radius 3 is 2.67 bits per heavy atom. The lowest BCUT2D eigenvalue weighted by Crippen LogP contribution is -2.49. The Morgan fingerprint density at radius 1 is 1.43 bits per heavy atom. The van der Waals surface area contributed by atoms with Crippen LogP contribution in [0, 0.1) is 0 Å². The van der Waals surface area contributed by atoms with E-state index in [9.17, 15) is 14.7 Å². The van der Waals surface area contributed by atoms with Gasteiger partial charge in [-0.2, -0.15) is 0 Å². The van der Waals surface area contributed by atoms with Crippen molar-refractivity contribution in [1.29, 1.82) is 0 Å². The lowest BCUT2D eigenvalue weighted by molar-refractivity contribution is -0.142. The number of hydrogen-bond acceptors (Lipinski definition) is 6. The minimum atomic E-state index is -1.18. The second-order valence-corrected chi connectivity index (χ2v) is 4.75. The second kappa shape index (κ2) is 8.35. The molecule has 3 atom stereocenters.